The Labute approximate surface area is 228 Å². The van der Waals surface area contributed by atoms with E-state index in [0.29, 0.717) is 23.9 Å². The van der Waals surface area contributed by atoms with Crippen LogP contribution in [-0.4, -0.2) is 77.2 Å². The van der Waals surface area contributed by atoms with Crippen LogP contribution in [0.1, 0.15) is 45.0 Å². The number of nitrogens with two attached hydrogens (primary N) is 1. The molecule has 0 saturated carbocycles. The Balaban J connectivity index is 1.36. The van der Waals surface area contributed by atoms with Crippen molar-refractivity contribution in [2.45, 2.75) is 81.4 Å². The number of piperidine rings is 1. The third-order valence-electron chi connectivity index (χ3n) is 8.05. The first kappa shape index (κ1) is 26.9. The van der Waals surface area contributed by atoms with Crippen LogP contribution in [0.5, 0.6) is 0 Å². The Morgan fingerprint density at radius 3 is 2.62 bits per heavy atom. The Hall–Kier alpha value is -1.69. The van der Waals surface area contributed by atoms with Crippen LogP contribution in [0.4, 0.5) is 11.6 Å². The van der Waals surface area contributed by atoms with Crippen molar-refractivity contribution in [3.8, 4) is 0 Å². The molecule has 202 valence electrons. The van der Waals surface area contributed by atoms with Gasteiger partial charge in [-0.1, -0.05) is 23.4 Å². The lowest BCUT2D eigenvalue weighted by molar-refractivity contribution is 0.0340. The van der Waals surface area contributed by atoms with E-state index in [9.17, 15) is 5.11 Å². The monoisotopic (exact) mass is 548 g/mol. The van der Waals surface area contributed by atoms with Gasteiger partial charge in [0.25, 0.3) is 0 Å². The largest absolute Gasteiger partial charge is 0.390 e. The maximum Gasteiger partial charge on any atom is 0.153 e. The van der Waals surface area contributed by atoms with Crippen molar-refractivity contribution in [1.82, 2.24) is 15.0 Å². The van der Waals surface area contributed by atoms with Crippen LogP contribution in [-0.2, 0) is 16.1 Å². The molecular formula is C26H37ClN6O3S. The van der Waals surface area contributed by atoms with E-state index >= 15 is 0 Å². The zero-order valence-electron chi connectivity index (χ0n) is 22.0. The van der Waals surface area contributed by atoms with Crippen molar-refractivity contribution in [3.05, 3.63) is 28.7 Å². The quantitative estimate of drug-likeness (QED) is 0.576. The molecule has 3 N–H and O–H groups in total. The van der Waals surface area contributed by atoms with Crippen molar-refractivity contribution in [1.29, 1.82) is 0 Å². The molecule has 2 aromatic rings. The summed E-state index contributed by atoms with van der Waals surface area (Å²) in [5.41, 5.74) is 7.89. The van der Waals surface area contributed by atoms with Gasteiger partial charge in [0.2, 0.25) is 0 Å². The highest BCUT2D eigenvalue weighted by Gasteiger charge is 2.47. The van der Waals surface area contributed by atoms with Crippen LogP contribution >= 0.6 is 23.4 Å². The predicted molar refractivity (Wildman–Crippen MR) is 146 cm³/mol. The summed E-state index contributed by atoms with van der Waals surface area (Å²) >= 11 is 8.33. The highest BCUT2D eigenvalue weighted by molar-refractivity contribution is 7.99. The number of hydrogen-bond acceptors (Lipinski definition) is 10. The van der Waals surface area contributed by atoms with E-state index in [1.54, 1.807) is 6.20 Å². The summed E-state index contributed by atoms with van der Waals surface area (Å²) in [4.78, 5) is 19.6. The van der Waals surface area contributed by atoms with Gasteiger partial charge in [0.15, 0.2) is 5.82 Å². The number of halogens is 1. The van der Waals surface area contributed by atoms with Crippen molar-refractivity contribution in [2.75, 3.05) is 42.6 Å². The van der Waals surface area contributed by atoms with Gasteiger partial charge in [0, 0.05) is 42.2 Å². The summed E-state index contributed by atoms with van der Waals surface area (Å²) in [7, 11) is 0. The molecule has 0 aromatic carbocycles. The second kappa shape index (κ2) is 10.8. The molecular weight excluding hydrogens is 512 g/mol. The zero-order chi connectivity index (χ0) is 26.3. The maximum atomic E-state index is 10.2. The molecule has 0 bridgehead atoms. The SMILES string of the molecule is Cc1nc(N2CCC3(CC2)CO[C@@H](C)[C@H]3N)c(CO)nc1Sc1ccnc(N2C[C@H](C)OC[C@@H]2C)c1Cl. The summed E-state index contributed by atoms with van der Waals surface area (Å²) in [5.74, 6) is 1.50. The first-order chi connectivity index (χ1) is 17.7. The number of aromatic nitrogens is 3. The molecule has 0 amide bonds. The van der Waals surface area contributed by atoms with E-state index in [-0.39, 0.29) is 36.3 Å². The molecule has 1 spiro atoms. The number of morpholine rings is 1. The lowest BCUT2D eigenvalue weighted by atomic mass is 9.73. The highest BCUT2D eigenvalue weighted by Crippen LogP contribution is 2.43. The first-order valence-electron chi connectivity index (χ1n) is 13.0. The molecule has 5 rings (SSSR count). The number of pyridine rings is 1. The molecule has 2 aromatic heterocycles. The predicted octanol–water partition coefficient (Wildman–Crippen LogP) is 3.42. The third kappa shape index (κ3) is 5.16. The molecule has 3 saturated heterocycles. The molecule has 9 nitrogen and oxygen atoms in total. The number of aliphatic hydroxyl groups excluding tert-OH is 1. The van der Waals surface area contributed by atoms with Gasteiger partial charge in [0.05, 0.1) is 48.8 Å². The molecule has 3 fully saturated rings. The van der Waals surface area contributed by atoms with Gasteiger partial charge in [-0.2, -0.15) is 0 Å². The maximum absolute atomic E-state index is 10.2. The minimum Gasteiger partial charge on any atom is -0.390 e. The minimum atomic E-state index is -0.185. The molecule has 5 heterocycles. The van der Waals surface area contributed by atoms with Gasteiger partial charge in [-0.3, -0.25) is 0 Å². The molecule has 3 aliphatic heterocycles. The normalized spacial score (nSPS) is 27.8. The van der Waals surface area contributed by atoms with Crippen LogP contribution < -0.4 is 15.5 Å². The van der Waals surface area contributed by atoms with E-state index in [1.807, 2.05) is 13.0 Å². The number of nitrogens with zero attached hydrogens (tertiary/aromatic N) is 5. The number of anilines is 2. The van der Waals surface area contributed by atoms with E-state index in [4.69, 9.17) is 36.8 Å². The zero-order valence-corrected chi connectivity index (χ0v) is 23.6. The van der Waals surface area contributed by atoms with Crippen LogP contribution in [0, 0.1) is 12.3 Å². The molecule has 0 radical (unpaired) electrons. The number of aryl methyl sites for hydroxylation is 1. The van der Waals surface area contributed by atoms with E-state index < -0.39 is 0 Å². The van der Waals surface area contributed by atoms with E-state index in [0.717, 1.165) is 59.7 Å². The van der Waals surface area contributed by atoms with E-state index in [1.165, 1.54) is 11.8 Å². The number of rotatable bonds is 5. The van der Waals surface area contributed by atoms with Gasteiger partial charge in [-0.05, 0) is 46.6 Å². The van der Waals surface area contributed by atoms with Gasteiger partial charge in [-0.15, -0.1) is 0 Å². The summed E-state index contributed by atoms with van der Waals surface area (Å²) < 4.78 is 11.6. The Bertz CT molecular complexity index is 1130. The third-order valence-corrected chi connectivity index (χ3v) is 9.68. The molecule has 37 heavy (non-hydrogen) atoms. The molecule has 4 atom stereocenters. The Morgan fingerprint density at radius 1 is 1.19 bits per heavy atom. The molecule has 0 aliphatic carbocycles. The van der Waals surface area contributed by atoms with E-state index in [2.05, 4.69) is 35.6 Å². The van der Waals surface area contributed by atoms with Gasteiger partial charge >= 0.3 is 0 Å². The average Bonchev–Trinajstić information content (AvgIpc) is 3.16. The lowest BCUT2D eigenvalue weighted by Gasteiger charge is -2.42. The van der Waals surface area contributed by atoms with Gasteiger partial charge in [-0.25, -0.2) is 15.0 Å². The van der Waals surface area contributed by atoms with Crippen molar-refractivity contribution < 1.29 is 14.6 Å². The van der Waals surface area contributed by atoms with Crippen molar-refractivity contribution in [3.63, 3.8) is 0 Å². The minimum absolute atomic E-state index is 0.0269. The lowest BCUT2D eigenvalue weighted by Crippen LogP contribution is -2.51. The first-order valence-corrected chi connectivity index (χ1v) is 14.2. The smallest absolute Gasteiger partial charge is 0.153 e. The highest BCUT2D eigenvalue weighted by atomic mass is 35.5. The molecule has 0 unspecified atom stereocenters. The summed E-state index contributed by atoms with van der Waals surface area (Å²) in [6.45, 7) is 11.7. The van der Waals surface area contributed by atoms with Crippen molar-refractivity contribution >= 4 is 35.0 Å². The number of ether oxygens (including phenoxy) is 2. The van der Waals surface area contributed by atoms with Crippen molar-refractivity contribution in [2.24, 2.45) is 11.1 Å². The van der Waals surface area contributed by atoms with Gasteiger partial charge < -0.3 is 30.1 Å². The molecule has 3 aliphatic rings. The van der Waals surface area contributed by atoms with Crippen LogP contribution in [0.15, 0.2) is 22.2 Å². The Morgan fingerprint density at radius 2 is 1.95 bits per heavy atom. The second-order valence-corrected chi connectivity index (χ2v) is 12.0. The van der Waals surface area contributed by atoms with Crippen LogP contribution in [0.2, 0.25) is 5.02 Å². The van der Waals surface area contributed by atoms with Crippen LogP contribution in [0.25, 0.3) is 0 Å². The average molecular weight is 549 g/mol. The summed E-state index contributed by atoms with van der Waals surface area (Å²) in [6.07, 6.45) is 3.86. The van der Waals surface area contributed by atoms with Crippen LogP contribution in [0.3, 0.4) is 0 Å². The fourth-order valence-corrected chi connectivity index (χ4v) is 6.82. The molecule has 11 heteroatoms. The Kier molecular flexibility index (Phi) is 7.87. The number of hydrogen-bond donors (Lipinski definition) is 2. The fourth-order valence-electron chi connectivity index (χ4n) is 5.61. The second-order valence-electron chi connectivity index (χ2n) is 10.6. The summed E-state index contributed by atoms with van der Waals surface area (Å²) in [5, 5.41) is 11.5. The topological polar surface area (TPSA) is 110 Å². The summed E-state index contributed by atoms with van der Waals surface area (Å²) in [6, 6.07) is 2.13. The van der Waals surface area contributed by atoms with Gasteiger partial charge in [0.1, 0.15) is 16.5 Å². The fraction of sp³-hybridized carbons (Fsp3) is 0.654. The number of aliphatic hydroxyl groups is 1. The standard InChI is InChI=1S/C26H37ClN6O3S/c1-15-13-35-16(2)11-33(15)24-21(27)20(5-8-29-24)37-25-17(3)30-23(19(12-34)31-25)32-9-6-26(7-10-32)14-36-18(4)22(26)28/h5,8,15-16,18,22,34H,6-7,9-14,28H2,1-4H3/t15-,16-,18-,22+/m0/s1.